The highest BCUT2D eigenvalue weighted by molar-refractivity contribution is 5.76. The number of carbonyl (C=O) groups is 2. The van der Waals surface area contributed by atoms with Crippen LogP contribution in [0.1, 0.15) is 25.7 Å². The molecular formula is C13H25N3O4. The highest BCUT2D eigenvalue weighted by Crippen LogP contribution is 2.27. The van der Waals surface area contributed by atoms with Crippen molar-refractivity contribution >= 4 is 11.8 Å². The number of likely N-dealkylation sites (tertiary alicyclic amines) is 1. The van der Waals surface area contributed by atoms with Gasteiger partial charge in [-0.15, -0.1) is 0 Å². The Bertz CT molecular complexity index is 319. The quantitative estimate of drug-likeness (QED) is 0.656. The van der Waals surface area contributed by atoms with Gasteiger partial charge in [-0.3, -0.25) is 24.2 Å². The van der Waals surface area contributed by atoms with Crippen molar-refractivity contribution in [3.8, 4) is 0 Å². The van der Waals surface area contributed by atoms with Crippen LogP contribution in [0.4, 0.5) is 0 Å². The summed E-state index contributed by atoms with van der Waals surface area (Å²) in [6.45, 7) is 0. The lowest BCUT2D eigenvalue weighted by Crippen LogP contribution is -2.39. The summed E-state index contributed by atoms with van der Waals surface area (Å²) >= 11 is 0. The second-order valence-electron chi connectivity index (χ2n) is 5.11. The predicted octanol–water partition coefficient (Wildman–Crippen LogP) is 0.269. The van der Waals surface area contributed by atoms with Crippen LogP contribution < -0.4 is 0 Å². The Morgan fingerprint density at radius 2 is 1.35 bits per heavy atom. The average Bonchev–Trinajstić information content (AvgIpc) is 2.78. The summed E-state index contributed by atoms with van der Waals surface area (Å²) in [7, 11) is 8.11. The minimum absolute atomic E-state index is 0.0506. The van der Waals surface area contributed by atoms with Gasteiger partial charge in [0.25, 0.3) is 0 Å². The van der Waals surface area contributed by atoms with Gasteiger partial charge in [0.05, 0.1) is 14.2 Å². The SMILES string of the molecule is CON(C)C(=O)C[C@H]1CC[C@@H](CC(=O)N(C)OC)N1C. The normalized spacial score (nSPS) is 22.9. The first-order valence-corrected chi connectivity index (χ1v) is 6.74. The van der Waals surface area contributed by atoms with E-state index in [1.54, 1.807) is 14.1 Å². The molecule has 20 heavy (non-hydrogen) atoms. The monoisotopic (exact) mass is 287 g/mol. The maximum Gasteiger partial charge on any atom is 0.247 e. The van der Waals surface area contributed by atoms with Crippen LogP contribution in [0.15, 0.2) is 0 Å². The van der Waals surface area contributed by atoms with E-state index in [0.29, 0.717) is 12.8 Å². The highest BCUT2D eigenvalue weighted by Gasteiger charge is 2.34. The van der Waals surface area contributed by atoms with Crippen LogP contribution in [-0.4, -0.2) is 74.3 Å². The van der Waals surface area contributed by atoms with Crippen LogP contribution in [0.3, 0.4) is 0 Å². The van der Waals surface area contributed by atoms with E-state index < -0.39 is 0 Å². The second-order valence-corrected chi connectivity index (χ2v) is 5.11. The molecule has 2 atom stereocenters. The van der Waals surface area contributed by atoms with Crippen molar-refractivity contribution in [2.24, 2.45) is 0 Å². The molecule has 2 amide bonds. The van der Waals surface area contributed by atoms with Crippen molar-refractivity contribution < 1.29 is 19.3 Å². The molecule has 1 aliphatic rings. The largest absolute Gasteiger partial charge is 0.299 e. The molecule has 1 rings (SSSR count). The lowest BCUT2D eigenvalue weighted by atomic mass is 10.1. The van der Waals surface area contributed by atoms with Gasteiger partial charge < -0.3 is 0 Å². The van der Waals surface area contributed by atoms with Gasteiger partial charge in [-0.2, -0.15) is 0 Å². The van der Waals surface area contributed by atoms with Gasteiger partial charge in [-0.1, -0.05) is 0 Å². The zero-order valence-electron chi connectivity index (χ0n) is 13.0. The second kappa shape index (κ2) is 7.56. The Hall–Kier alpha value is -1.18. The summed E-state index contributed by atoms with van der Waals surface area (Å²) in [6, 6.07) is 0.316. The van der Waals surface area contributed by atoms with Crippen LogP contribution in [-0.2, 0) is 19.3 Å². The minimum atomic E-state index is -0.0506. The van der Waals surface area contributed by atoms with E-state index in [4.69, 9.17) is 9.68 Å². The van der Waals surface area contributed by atoms with E-state index in [2.05, 4.69) is 4.90 Å². The third-order valence-corrected chi connectivity index (χ3v) is 4.06. The number of hydroxylamine groups is 4. The molecule has 1 saturated heterocycles. The van der Waals surface area contributed by atoms with Crippen molar-refractivity contribution in [1.82, 2.24) is 15.0 Å². The molecule has 1 aliphatic heterocycles. The Kier molecular flexibility index (Phi) is 6.38. The molecule has 1 heterocycles. The molecule has 0 aromatic heterocycles. The molecule has 7 heteroatoms. The first-order chi connectivity index (χ1) is 9.40. The molecule has 0 bridgehead atoms. The van der Waals surface area contributed by atoms with Gasteiger partial charge >= 0.3 is 0 Å². The summed E-state index contributed by atoms with van der Waals surface area (Å²) in [5.41, 5.74) is 0. The molecule has 0 aliphatic carbocycles. The van der Waals surface area contributed by atoms with Crippen molar-refractivity contribution in [2.75, 3.05) is 35.4 Å². The standard InChI is InChI=1S/C13H25N3O4/c1-14-10(8-12(17)15(2)19-4)6-7-11(14)9-13(18)16(3)20-5/h10-11H,6-9H2,1-5H3/t10-,11+. The van der Waals surface area contributed by atoms with E-state index in [9.17, 15) is 9.59 Å². The fraction of sp³-hybridized carbons (Fsp3) is 0.846. The third kappa shape index (κ3) is 4.16. The van der Waals surface area contributed by atoms with Gasteiger partial charge in [0.15, 0.2) is 0 Å². The Morgan fingerprint density at radius 3 is 1.65 bits per heavy atom. The number of hydrogen-bond donors (Lipinski definition) is 0. The Labute approximate surface area is 120 Å². The molecule has 0 N–H and O–H groups in total. The Morgan fingerprint density at radius 1 is 1.00 bits per heavy atom. The molecule has 1 fully saturated rings. The van der Waals surface area contributed by atoms with Crippen molar-refractivity contribution in [3.63, 3.8) is 0 Å². The fourth-order valence-electron chi connectivity index (χ4n) is 2.45. The van der Waals surface area contributed by atoms with Crippen molar-refractivity contribution in [3.05, 3.63) is 0 Å². The average molecular weight is 287 g/mol. The maximum atomic E-state index is 11.8. The number of nitrogens with zero attached hydrogens (tertiary/aromatic N) is 3. The number of hydrogen-bond acceptors (Lipinski definition) is 5. The lowest BCUT2D eigenvalue weighted by molar-refractivity contribution is -0.170. The van der Waals surface area contributed by atoms with Crippen LogP contribution in [0.5, 0.6) is 0 Å². The summed E-state index contributed by atoms with van der Waals surface area (Å²) in [5, 5.41) is 2.48. The summed E-state index contributed by atoms with van der Waals surface area (Å²) in [6.07, 6.45) is 2.64. The first-order valence-electron chi connectivity index (χ1n) is 6.74. The van der Waals surface area contributed by atoms with Crippen LogP contribution in [0.2, 0.25) is 0 Å². The van der Waals surface area contributed by atoms with E-state index >= 15 is 0 Å². The fourth-order valence-corrected chi connectivity index (χ4v) is 2.45. The number of carbonyl (C=O) groups excluding carboxylic acids is 2. The van der Waals surface area contributed by atoms with E-state index in [1.807, 2.05) is 7.05 Å². The van der Waals surface area contributed by atoms with Crippen molar-refractivity contribution in [2.45, 2.75) is 37.8 Å². The number of rotatable bonds is 6. The predicted molar refractivity (Wildman–Crippen MR) is 73.4 cm³/mol. The van der Waals surface area contributed by atoms with Gasteiger partial charge in [0.1, 0.15) is 0 Å². The molecule has 0 aromatic rings. The molecule has 7 nitrogen and oxygen atoms in total. The summed E-state index contributed by atoms with van der Waals surface area (Å²) < 4.78 is 0. The zero-order chi connectivity index (χ0) is 15.3. The van der Waals surface area contributed by atoms with E-state index in [1.165, 1.54) is 24.3 Å². The highest BCUT2D eigenvalue weighted by atomic mass is 16.7. The lowest BCUT2D eigenvalue weighted by Gasteiger charge is -2.27. The zero-order valence-corrected chi connectivity index (χ0v) is 13.0. The van der Waals surface area contributed by atoms with Crippen LogP contribution in [0, 0.1) is 0 Å². The molecule has 0 saturated carbocycles. The Balaban J connectivity index is 2.49. The van der Waals surface area contributed by atoms with Gasteiger partial charge in [-0.05, 0) is 19.9 Å². The van der Waals surface area contributed by atoms with E-state index in [-0.39, 0.29) is 23.9 Å². The topological polar surface area (TPSA) is 62.3 Å². The first kappa shape index (κ1) is 16.9. The van der Waals surface area contributed by atoms with Gasteiger partial charge in [0, 0.05) is 39.0 Å². The van der Waals surface area contributed by atoms with Gasteiger partial charge in [-0.25, -0.2) is 10.1 Å². The van der Waals surface area contributed by atoms with Crippen molar-refractivity contribution in [1.29, 1.82) is 0 Å². The summed E-state index contributed by atoms with van der Waals surface area (Å²) in [4.78, 5) is 35.6. The molecular weight excluding hydrogens is 262 g/mol. The molecule has 0 unspecified atom stereocenters. The van der Waals surface area contributed by atoms with Gasteiger partial charge in [0.2, 0.25) is 11.8 Å². The van der Waals surface area contributed by atoms with Crippen LogP contribution >= 0.6 is 0 Å². The molecule has 0 aromatic carbocycles. The van der Waals surface area contributed by atoms with Crippen LogP contribution in [0.25, 0.3) is 0 Å². The summed E-state index contributed by atoms with van der Waals surface area (Å²) in [5.74, 6) is -0.101. The molecule has 116 valence electrons. The number of amides is 2. The molecule has 0 radical (unpaired) electrons. The van der Waals surface area contributed by atoms with E-state index in [0.717, 1.165) is 12.8 Å². The maximum absolute atomic E-state index is 11.8. The molecule has 0 spiro atoms. The minimum Gasteiger partial charge on any atom is -0.299 e. The third-order valence-electron chi connectivity index (χ3n) is 4.06. The smallest absolute Gasteiger partial charge is 0.247 e.